The number of aromatic nitrogens is 1. The molecule has 21 heavy (non-hydrogen) atoms. The third kappa shape index (κ3) is 4.05. The molecule has 0 spiro atoms. The Balaban J connectivity index is 2.01. The van der Waals surface area contributed by atoms with Gasteiger partial charge in [0.2, 0.25) is 0 Å². The van der Waals surface area contributed by atoms with Crippen molar-refractivity contribution in [3.8, 4) is 11.6 Å². The van der Waals surface area contributed by atoms with E-state index < -0.39 is 17.4 Å². The fraction of sp³-hybridized carbons (Fsp3) is 0.400. The maximum atomic E-state index is 11.5. The van der Waals surface area contributed by atoms with Crippen LogP contribution in [-0.2, 0) is 14.3 Å². The van der Waals surface area contributed by atoms with Gasteiger partial charge in [0.15, 0.2) is 5.75 Å². The van der Waals surface area contributed by atoms with Crippen molar-refractivity contribution in [1.29, 1.82) is 0 Å². The van der Waals surface area contributed by atoms with Gasteiger partial charge in [0, 0.05) is 6.08 Å². The lowest BCUT2D eigenvalue weighted by Crippen LogP contribution is -2.25. The van der Waals surface area contributed by atoms with Gasteiger partial charge in [0.05, 0.1) is 11.1 Å². The smallest absolute Gasteiger partial charge is 0.338 e. The minimum atomic E-state index is -0.730. The summed E-state index contributed by atoms with van der Waals surface area (Å²) in [4.78, 5) is 27.3. The van der Waals surface area contributed by atoms with Crippen molar-refractivity contribution in [2.45, 2.75) is 20.8 Å². The molecule has 1 aromatic heterocycles. The Bertz CT molecular complexity index is 586. The number of rotatable bonds is 2. The molecule has 0 N–H and O–H groups in total. The van der Waals surface area contributed by atoms with Crippen molar-refractivity contribution in [2.24, 2.45) is 5.41 Å². The average Bonchev–Trinajstić information content (AvgIpc) is 2.44. The number of nitrogens with zero attached hydrogens (tertiary/aromatic N) is 1. The standard InChI is InChI=1S/C15H17NO5/c1-15(2,3)14(18)21-12(17)7-5-10-4-6-11-13(16-10)20-9-8-19-11/h4-7H,8-9H2,1-3H3/b7-5+. The molecular formula is C15H17NO5. The van der Waals surface area contributed by atoms with Gasteiger partial charge in [-0.25, -0.2) is 9.78 Å². The van der Waals surface area contributed by atoms with Gasteiger partial charge in [0.1, 0.15) is 13.2 Å². The van der Waals surface area contributed by atoms with E-state index in [1.54, 1.807) is 32.9 Å². The molecule has 1 aliphatic heterocycles. The Morgan fingerprint density at radius 1 is 1.24 bits per heavy atom. The molecular weight excluding hydrogens is 274 g/mol. The van der Waals surface area contributed by atoms with Crippen LogP contribution in [0.1, 0.15) is 26.5 Å². The summed E-state index contributed by atoms with van der Waals surface area (Å²) < 4.78 is 15.4. The zero-order chi connectivity index (χ0) is 15.5. The van der Waals surface area contributed by atoms with Crippen LogP contribution in [0.5, 0.6) is 11.6 Å². The van der Waals surface area contributed by atoms with Gasteiger partial charge in [-0.3, -0.25) is 4.79 Å². The van der Waals surface area contributed by atoms with E-state index >= 15 is 0 Å². The van der Waals surface area contributed by atoms with E-state index in [9.17, 15) is 9.59 Å². The summed E-state index contributed by atoms with van der Waals surface area (Å²) >= 11 is 0. The lowest BCUT2D eigenvalue weighted by Gasteiger charge is -2.17. The highest BCUT2D eigenvalue weighted by molar-refractivity contribution is 5.96. The first-order valence-corrected chi connectivity index (χ1v) is 6.57. The van der Waals surface area contributed by atoms with Gasteiger partial charge in [-0.2, -0.15) is 0 Å². The average molecular weight is 291 g/mol. The number of ether oxygens (including phenoxy) is 3. The molecule has 0 fully saturated rings. The second-order valence-electron chi connectivity index (χ2n) is 5.53. The molecule has 6 heteroatoms. The van der Waals surface area contributed by atoms with E-state index in [-0.39, 0.29) is 0 Å². The highest BCUT2D eigenvalue weighted by atomic mass is 16.6. The van der Waals surface area contributed by atoms with Crippen molar-refractivity contribution in [3.05, 3.63) is 23.9 Å². The van der Waals surface area contributed by atoms with Gasteiger partial charge in [-0.1, -0.05) is 0 Å². The predicted octanol–water partition coefficient (Wildman–Crippen LogP) is 1.98. The molecule has 0 aromatic carbocycles. The summed E-state index contributed by atoms with van der Waals surface area (Å²) in [5.41, 5.74) is -0.210. The predicted molar refractivity (Wildman–Crippen MR) is 74.8 cm³/mol. The van der Waals surface area contributed by atoms with E-state index in [4.69, 9.17) is 14.2 Å². The molecule has 0 atom stereocenters. The van der Waals surface area contributed by atoms with Gasteiger partial charge < -0.3 is 14.2 Å². The molecule has 2 rings (SSSR count). The summed E-state index contributed by atoms with van der Waals surface area (Å²) in [6.45, 7) is 5.96. The molecule has 1 aliphatic rings. The van der Waals surface area contributed by atoms with Crippen molar-refractivity contribution in [2.75, 3.05) is 13.2 Å². The topological polar surface area (TPSA) is 74.7 Å². The zero-order valence-electron chi connectivity index (χ0n) is 12.2. The van der Waals surface area contributed by atoms with Crippen LogP contribution in [0, 0.1) is 5.41 Å². The van der Waals surface area contributed by atoms with Crippen molar-refractivity contribution < 1.29 is 23.8 Å². The van der Waals surface area contributed by atoms with E-state index in [2.05, 4.69) is 4.98 Å². The number of pyridine rings is 1. The lowest BCUT2D eigenvalue weighted by atomic mass is 9.97. The van der Waals surface area contributed by atoms with Crippen LogP contribution in [0.2, 0.25) is 0 Å². The highest BCUT2D eigenvalue weighted by Crippen LogP contribution is 2.27. The van der Waals surface area contributed by atoms with Gasteiger partial charge >= 0.3 is 11.9 Å². The quantitative estimate of drug-likeness (QED) is 0.471. The maximum absolute atomic E-state index is 11.5. The van der Waals surface area contributed by atoms with E-state index in [0.29, 0.717) is 30.5 Å². The molecule has 0 aliphatic carbocycles. The number of hydrogen-bond acceptors (Lipinski definition) is 6. The van der Waals surface area contributed by atoms with E-state index in [1.807, 2.05) is 0 Å². The second-order valence-corrected chi connectivity index (χ2v) is 5.53. The Hall–Kier alpha value is -2.37. The lowest BCUT2D eigenvalue weighted by molar-refractivity contribution is -0.162. The van der Waals surface area contributed by atoms with Crippen LogP contribution in [-0.4, -0.2) is 30.1 Å². The number of fused-ring (bicyclic) bond motifs is 1. The minimum absolute atomic E-state index is 0.391. The van der Waals surface area contributed by atoms with E-state index in [0.717, 1.165) is 6.08 Å². The Morgan fingerprint density at radius 2 is 1.95 bits per heavy atom. The first-order chi connectivity index (χ1) is 9.86. The van der Waals surface area contributed by atoms with Crippen molar-refractivity contribution >= 4 is 18.0 Å². The van der Waals surface area contributed by atoms with Gasteiger partial charge in [-0.05, 0) is 39.0 Å². The molecule has 0 saturated carbocycles. The molecule has 1 aromatic rings. The Kier molecular flexibility index (Phi) is 4.26. The number of carbonyl (C=O) groups excluding carboxylic acids is 2. The van der Waals surface area contributed by atoms with Crippen molar-refractivity contribution in [1.82, 2.24) is 4.98 Å². The van der Waals surface area contributed by atoms with E-state index in [1.165, 1.54) is 6.08 Å². The molecule has 112 valence electrons. The Morgan fingerprint density at radius 3 is 2.67 bits per heavy atom. The normalized spacial score (nSPS) is 14.0. The molecule has 2 heterocycles. The third-order valence-electron chi connectivity index (χ3n) is 2.62. The fourth-order valence-corrected chi connectivity index (χ4v) is 1.47. The number of hydrogen-bond donors (Lipinski definition) is 0. The third-order valence-corrected chi connectivity index (χ3v) is 2.62. The summed E-state index contributed by atoms with van der Waals surface area (Å²) in [6.07, 6.45) is 2.61. The van der Waals surface area contributed by atoms with Crippen LogP contribution in [0.3, 0.4) is 0 Å². The van der Waals surface area contributed by atoms with Crippen LogP contribution in [0.25, 0.3) is 6.08 Å². The van der Waals surface area contributed by atoms with Gasteiger partial charge in [0.25, 0.3) is 5.88 Å². The summed E-state index contributed by atoms with van der Waals surface area (Å²) in [7, 11) is 0. The SMILES string of the molecule is CC(C)(C)C(=O)OC(=O)/C=C/c1ccc2c(n1)OCCO2. The molecule has 0 saturated heterocycles. The largest absolute Gasteiger partial charge is 0.484 e. The first kappa shape index (κ1) is 15.0. The molecule has 0 bridgehead atoms. The summed E-state index contributed by atoms with van der Waals surface area (Å²) in [5.74, 6) is -0.342. The van der Waals surface area contributed by atoms with Gasteiger partial charge in [-0.15, -0.1) is 0 Å². The molecule has 0 unspecified atom stereocenters. The molecule has 6 nitrogen and oxygen atoms in total. The van der Waals surface area contributed by atoms with Crippen LogP contribution < -0.4 is 9.47 Å². The first-order valence-electron chi connectivity index (χ1n) is 6.57. The highest BCUT2D eigenvalue weighted by Gasteiger charge is 2.24. The zero-order valence-corrected chi connectivity index (χ0v) is 12.2. The molecule has 0 radical (unpaired) electrons. The number of carbonyl (C=O) groups is 2. The summed E-state index contributed by atoms with van der Waals surface area (Å²) in [5, 5.41) is 0. The Labute approximate surface area is 122 Å². The maximum Gasteiger partial charge on any atom is 0.338 e. The number of esters is 2. The second kappa shape index (κ2) is 5.95. The van der Waals surface area contributed by atoms with Crippen LogP contribution >= 0.6 is 0 Å². The molecule has 0 amide bonds. The van der Waals surface area contributed by atoms with Crippen LogP contribution in [0.15, 0.2) is 18.2 Å². The minimum Gasteiger partial charge on any atom is -0.484 e. The fourth-order valence-electron chi connectivity index (χ4n) is 1.47. The monoisotopic (exact) mass is 291 g/mol. The van der Waals surface area contributed by atoms with Crippen molar-refractivity contribution in [3.63, 3.8) is 0 Å². The van der Waals surface area contributed by atoms with Crippen LogP contribution in [0.4, 0.5) is 0 Å². The summed E-state index contributed by atoms with van der Waals surface area (Å²) in [6, 6.07) is 3.40.